The van der Waals surface area contributed by atoms with Crippen LogP contribution < -0.4 is 0 Å². The van der Waals surface area contributed by atoms with Crippen LogP contribution in [-0.2, 0) is 0 Å². The Bertz CT molecular complexity index is 183. The third-order valence-electron chi connectivity index (χ3n) is 0.983. The Hall–Kier alpha value is -0.0551. The number of allylic oxidation sites excluding steroid dienone is 3. The molecule has 0 aromatic carbocycles. The van der Waals surface area contributed by atoms with Gasteiger partial charge in [0.1, 0.15) is 7.85 Å². The molecule has 0 aromatic rings. The van der Waals surface area contributed by atoms with E-state index in [0.717, 1.165) is 0 Å². The van der Waals surface area contributed by atoms with Gasteiger partial charge in [0.2, 0.25) is 0 Å². The fourth-order valence-corrected chi connectivity index (χ4v) is 0.911. The topological polar surface area (TPSA) is 12.4 Å². The maximum Gasteiger partial charge on any atom is 0.137 e. The summed E-state index contributed by atoms with van der Waals surface area (Å²) in [4.78, 5) is 3.95. The Morgan fingerprint density at radius 1 is 1.56 bits per heavy atom. The first-order valence-corrected chi connectivity index (χ1v) is 3.86. The van der Waals surface area contributed by atoms with E-state index in [1.54, 1.807) is 6.20 Å². The molecule has 9 heavy (non-hydrogen) atoms. The number of nitrogens with zero attached hydrogens (tertiary/aromatic N) is 1. The minimum absolute atomic E-state index is 0.248. The van der Waals surface area contributed by atoms with Gasteiger partial charge in [-0.05, 0) is 11.7 Å². The van der Waals surface area contributed by atoms with E-state index in [1.165, 1.54) is 0 Å². The van der Waals surface area contributed by atoms with E-state index in [1.807, 2.05) is 18.2 Å². The van der Waals surface area contributed by atoms with Crippen molar-refractivity contribution in [3.8, 4) is 0 Å². The van der Waals surface area contributed by atoms with Crippen LogP contribution in [0.2, 0.25) is 0 Å². The first-order chi connectivity index (χ1) is 4.30. The Labute approximate surface area is 69.5 Å². The maximum atomic E-state index is 5.52. The molecule has 1 aliphatic rings. The van der Waals surface area contributed by atoms with Crippen LogP contribution >= 0.6 is 22.6 Å². The first kappa shape index (κ1) is 7.06. The molecule has 1 nitrogen and oxygen atoms in total. The molecular formula is C6H5BIN. The summed E-state index contributed by atoms with van der Waals surface area (Å²) in [7, 11) is 5.52. The highest BCUT2D eigenvalue weighted by Crippen LogP contribution is 2.06. The van der Waals surface area contributed by atoms with E-state index in [4.69, 9.17) is 7.85 Å². The molecule has 2 radical (unpaired) electrons. The Balaban J connectivity index is 2.80. The molecule has 0 spiro atoms. The Morgan fingerprint density at radius 2 is 2.33 bits per heavy atom. The summed E-state index contributed by atoms with van der Waals surface area (Å²) in [5.41, 5.74) is 0.667. The van der Waals surface area contributed by atoms with Gasteiger partial charge in [-0.25, -0.2) is 0 Å². The van der Waals surface area contributed by atoms with E-state index >= 15 is 0 Å². The van der Waals surface area contributed by atoms with E-state index in [2.05, 4.69) is 27.6 Å². The van der Waals surface area contributed by atoms with Crippen LogP contribution in [0.15, 0.2) is 29.4 Å². The molecule has 0 fully saturated rings. The number of alkyl halides is 1. The van der Waals surface area contributed by atoms with Gasteiger partial charge in [-0.2, -0.15) is 0 Å². The van der Waals surface area contributed by atoms with Crippen molar-refractivity contribution in [2.75, 3.05) is 0 Å². The predicted octanol–water partition coefficient (Wildman–Crippen LogP) is 1.44. The molecular weight excluding hydrogens is 224 g/mol. The molecule has 1 aliphatic heterocycles. The third-order valence-corrected chi connectivity index (χ3v) is 2.04. The summed E-state index contributed by atoms with van der Waals surface area (Å²) in [6, 6.07) is 0. The summed E-state index contributed by atoms with van der Waals surface area (Å²) in [5, 5.41) is 0. The molecule has 3 heteroatoms. The SMILES string of the molecule is [B]C1=NC=CC=CC1I. The largest absolute Gasteiger partial charge is 0.276 e. The van der Waals surface area contributed by atoms with Crippen molar-refractivity contribution in [1.29, 1.82) is 0 Å². The van der Waals surface area contributed by atoms with E-state index in [0.29, 0.717) is 5.61 Å². The second-order valence-electron chi connectivity index (χ2n) is 1.68. The lowest BCUT2D eigenvalue weighted by Crippen LogP contribution is -2.09. The van der Waals surface area contributed by atoms with Gasteiger partial charge in [-0.1, -0.05) is 34.7 Å². The van der Waals surface area contributed by atoms with Gasteiger partial charge < -0.3 is 0 Å². The lowest BCUT2D eigenvalue weighted by molar-refractivity contribution is 1.53. The fraction of sp³-hybridized carbons (Fsp3) is 0.167. The van der Waals surface area contributed by atoms with Crippen LogP contribution in [0.3, 0.4) is 0 Å². The van der Waals surface area contributed by atoms with Gasteiger partial charge in [0.05, 0.1) is 3.92 Å². The van der Waals surface area contributed by atoms with Crippen molar-refractivity contribution >= 4 is 36.0 Å². The minimum atomic E-state index is 0.248. The van der Waals surface area contributed by atoms with Crippen molar-refractivity contribution in [3.05, 3.63) is 24.4 Å². The Kier molecular flexibility index (Phi) is 2.51. The van der Waals surface area contributed by atoms with Crippen LogP contribution in [0.25, 0.3) is 0 Å². The highest BCUT2D eigenvalue weighted by Gasteiger charge is 2.01. The smallest absolute Gasteiger partial charge is 0.137 e. The summed E-state index contributed by atoms with van der Waals surface area (Å²) in [6.45, 7) is 0. The zero-order valence-corrected chi connectivity index (χ0v) is 6.95. The number of rotatable bonds is 0. The van der Waals surface area contributed by atoms with Crippen molar-refractivity contribution < 1.29 is 0 Å². The van der Waals surface area contributed by atoms with Crippen LogP contribution in [0.4, 0.5) is 0 Å². The minimum Gasteiger partial charge on any atom is -0.276 e. The van der Waals surface area contributed by atoms with Crippen LogP contribution in [0, 0.1) is 0 Å². The predicted molar refractivity (Wildman–Crippen MR) is 49.3 cm³/mol. The van der Waals surface area contributed by atoms with Gasteiger partial charge in [0.25, 0.3) is 0 Å². The summed E-state index contributed by atoms with van der Waals surface area (Å²) in [5.74, 6) is 0. The molecule has 0 saturated heterocycles. The molecule has 1 atom stereocenters. The molecule has 1 heterocycles. The van der Waals surface area contributed by atoms with E-state index < -0.39 is 0 Å². The second-order valence-corrected chi connectivity index (χ2v) is 3.02. The summed E-state index contributed by atoms with van der Waals surface area (Å²) >= 11 is 2.22. The zero-order valence-electron chi connectivity index (χ0n) is 4.79. The maximum absolute atomic E-state index is 5.52. The van der Waals surface area contributed by atoms with Crippen molar-refractivity contribution in [1.82, 2.24) is 0 Å². The molecule has 0 aromatic heterocycles. The number of halogens is 1. The second kappa shape index (κ2) is 3.20. The lowest BCUT2D eigenvalue weighted by Gasteiger charge is -1.99. The number of aliphatic imine (C=N–C) groups is 1. The molecule has 1 rings (SSSR count). The van der Waals surface area contributed by atoms with Gasteiger partial charge >= 0.3 is 0 Å². The molecule has 0 N–H and O–H groups in total. The molecule has 0 bridgehead atoms. The quantitative estimate of drug-likeness (QED) is 0.338. The Morgan fingerprint density at radius 3 is 3.11 bits per heavy atom. The molecule has 0 aliphatic carbocycles. The van der Waals surface area contributed by atoms with E-state index in [9.17, 15) is 0 Å². The number of hydrogen-bond acceptors (Lipinski definition) is 1. The number of hydrogen-bond donors (Lipinski definition) is 0. The standard InChI is InChI=1S/C6H5BIN/c7-6-5(8)3-1-2-4-9-6/h1-5H. The highest BCUT2D eigenvalue weighted by molar-refractivity contribution is 14.1. The fourth-order valence-electron chi connectivity index (χ4n) is 0.510. The summed E-state index contributed by atoms with van der Waals surface area (Å²) in [6.07, 6.45) is 7.51. The van der Waals surface area contributed by atoms with Crippen molar-refractivity contribution in [3.63, 3.8) is 0 Å². The van der Waals surface area contributed by atoms with Crippen molar-refractivity contribution in [2.24, 2.45) is 4.99 Å². The highest BCUT2D eigenvalue weighted by atomic mass is 127. The van der Waals surface area contributed by atoms with Gasteiger partial charge in [0.15, 0.2) is 0 Å². The third kappa shape index (κ3) is 1.97. The normalized spacial score (nSPS) is 25.4. The monoisotopic (exact) mass is 229 g/mol. The zero-order chi connectivity index (χ0) is 6.69. The lowest BCUT2D eigenvalue weighted by atomic mass is 9.98. The molecule has 44 valence electrons. The van der Waals surface area contributed by atoms with Crippen LogP contribution in [0.5, 0.6) is 0 Å². The summed E-state index contributed by atoms with van der Waals surface area (Å²) < 4.78 is 0.248. The first-order valence-electron chi connectivity index (χ1n) is 2.61. The molecule has 0 saturated carbocycles. The average Bonchev–Trinajstić information content (AvgIpc) is 1.99. The van der Waals surface area contributed by atoms with Gasteiger partial charge in [0, 0.05) is 6.20 Å². The van der Waals surface area contributed by atoms with Gasteiger partial charge in [-0.3, -0.25) is 4.99 Å². The van der Waals surface area contributed by atoms with Gasteiger partial charge in [-0.15, -0.1) is 0 Å². The molecule has 1 unspecified atom stereocenters. The van der Waals surface area contributed by atoms with Crippen LogP contribution in [0.1, 0.15) is 0 Å². The average molecular weight is 229 g/mol. The van der Waals surface area contributed by atoms with Crippen molar-refractivity contribution in [2.45, 2.75) is 3.92 Å². The van der Waals surface area contributed by atoms with E-state index in [-0.39, 0.29) is 3.92 Å². The van der Waals surface area contributed by atoms with Crippen LogP contribution in [-0.4, -0.2) is 17.4 Å². The molecule has 0 amide bonds.